The number of ether oxygens (including phenoxy) is 1. The molecule has 0 saturated heterocycles. The highest BCUT2D eigenvalue weighted by Crippen LogP contribution is 2.44. The Bertz CT molecular complexity index is 1150. The van der Waals surface area contributed by atoms with Crippen molar-refractivity contribution in [3.05, 3.63) is 101 Å². The monoisotopic (exact) mass is 486 g/mol. The van der Waals surface area contributed by atoms with E-state index in [1.54, 1.807) is 0 Å². The zero-order chi connectivity index (χ0) is 22.3. The normalized spacial score (nSPS) is 12.2. The van der Waals surface area contributed by atoms with Gasteiger partial charge >= 0.3 is 6.09 Å². The Balaban J connectivity index is 1.29. The molecule has 0 heterocycles. The van der Waals surface area contributed by atoms with Crippen molar-refractivity contribution in [2.24, 2.45) is 0 Å². The smallest absolute Gasteiger partial charge is 0.407 e. The quantitative estimate of drug-likeness (QED) is 0.310. The van der Waals surface area contributed by atoms with E-state index in [-0.39, 0.29) is 5.92 Å². The summed E-state index contributed by atoms with van der Waals surface area (Å²) in [5, 5.41) is 12.6. The molecule has 3 aromatic carbocycles. The maximum atomic E-state index is 12.2. The Labute approximate surface area is 196 Å². The van der Waals surface area contributed by atoms with Gasteiger partial charge in [-0.1, -0.05) is 82.7 Å². The minimum Gasteiger partial charge on any atom is -0.449 e. The molecule has 0 saturated carbocycles. The maximum absolute atomic E-state index is 12.2. The molecule has 0 spiro atoms. The molecule has 0 unspecified atom stereocenters. The summed E-state index contributed by atoms with van der Waals surface area (Å²) in [5.41, 5.74) is 7.58. The van der Waals surface area contributed by atoms with Crippen LogP contribution in [0.4, 0.5) is 4.79 Å². The SMILES string of the molecule is N#Cc1ccc(CBr)c(C=CCCNC(=O)OCC2c3ccccc3-c3ccccc32)c1. The van der Waals surface area contributed by atoms with Crippen molar-refractivity contribution in [3.8, 4) is 17.2 Å². The van der Waals surface area contributed by atoms with E-state index < -0.39 is 6.09 Å². The van der Waals surface area contributed by atoms with Crippen molar-refractivity contribution in [1.82, 2.24) is 5.32 Å². The summed E-state index contributed by atoms with van der Waals surface area (Å²) in [5.74, 6) is 0.0585. The highest BCUT2D eigenvalue weighted by molar-refractivity contribution is 9.08. The largest absolute Gasteiger partial charge is 0.449 e. The van der Waals surface area contributed by atoms with Crippen LogP contribution in [0.1, 0.15) is 40.2 Å². The molecule has 160 valence electrons. The summed E-state index contributed by atoms with van der Waals surface area (Å²) < 4.78 is 5.55. The van der Waals surface area contributed by atoms with Crippen LogP contribution in [-0.4, -0.2) is 19.2 Å². The summed E-state index contributed by atoms with van der Waals surface area (Å²) >= 11 is 3.47. The number of rotatable bonds is 7. The summed E-state index contributed by atoms with van der Waals surface area (Å²) in [4.78, 5) is 12.2. The molecule has 0 bridgehead atoms. The minimum absolute atomic E-state index is 0.0585. The number of nitriles is 1. The van der Waals surface area contributed by atoms with Crippen LogP contribution in [0.3, 0.4) is 0 Å². The molecule has 0 aromatic heterocycles. The fraction of sp³-hybridized carbons (Fsp3) is 0.185. The summed E-state index contributed by atoms with van der Waals surface area (Å²) in [7, 11) is 0. The third-order valence-corrected chi connectivity index (χ3v) is 6.24. The summed E-state index contributed by atoms with van der Waals surface area (Å²) in [6, 6.07) is 24.4. The number of benzene rings is 3. The van der Waals surface area contributed by atoms with E-state index >= 15 is 0 Å². The minimum atomic E-state index is -0.409. The molecular weight excluding hydrogens is 464 g/mol. The highest BCUT2D eigenvalue weighted by atomic mass is 79.9. The molecule has 3 aromatic rings. The standard InChI is InChI=1S/C27H23BrN2O2/c28-16-21-13-12-19(17-29)15-20(21)7-5-6-14-30-27(31)32-18-26-24-10-3-1-8-22(24)23-9-2-4-11-25(23)26/h1-5,7-13,15,26H,6,14,16,18H2,(H,30,31). The lowest BCUT2D eigenvalue weighted by Gasteiger charge is -2.14. The molecule has 0 atom stereocenters. The number of fused-ring (bicyclic) bond motifs is 3. The van der Waals surface area contributed by atoms with Gasteiger partial charge in [-0.25, -0.2) is 4.79 Å². The van der Waals surface area contributed by atoms with Crippen LogP contribution in [0.15, 0.2) is 72.8 Å². The van der Waals surface area contributed by atoms with Gasteiger partial charge in [-0.05, 0) is 51.9 Å². The fourth-order valence-electron chi connectivity index (χ4n) is 4.06. The number of halogens is 1. The molecule has 0 aliphatic heterocycles. The molecule has 1 aliphatic carbocycles. The molecule has 1 aliphatic rings. The molecule has 1 amide bonds. The maximum Gasteiger partial charge on any atom is 0.407 e. The Kier molecular flexibility index (Phi) is 7.03. The second-order valence-electron chi connectivity index (χ2n) is 7.60. The predicted molar refractivity (Wildman–Crippen MR) is 131 cm³/mol. The Hall–Kier alpha value is -3.36. The average Bonchev–Trinajstić information content (AvgIpc) is 3.16. The van der Waals surface area contributed by atoms with E-state index in [4.69, 9.17) is 10.00 Å². The van der Waals surface area contributed by atoms with Crippen LogP contribution < -0.4 is 5.32 Å². The van der Waals surface area contributed by atoms with Gasteiger partial charge in [0.1, 0.15) is 6.61 Å². The van der Waals surface area contributed by atoms with Gasteiger partial charge in [0, 0.05) is 17.8 Å². The topological polar surface area (TPSA) is 62.1 Å². The number of alkyl halides is 1. The highest BCUT2D eigenvalue weighted by Gasteiger charge is 2.28. The number of hydrogen-bond acceptors (Lipinski definition) is 3. The van der Waals surface area contributed by atoms with Crippen LogP contribution in [0.2, 0.25) is 0 Å². The van der Waals surface area contributed by atoms with Gasteiger partial charge in [0.05, 0.1) is 11.6 Å². The molecule has 0 fully saturated rings. The van der Waals surface area contributed by atoms with Gasteiger partial charge in [0.25, 0.3) is 0 Å². The third-order valence-electron chi connectivity index (χ3n) is 5.64. The van der Waals surface area contributed by atoms with Crippen LogP contribution in [0.5, 0.6) is 0 Å². The first-order valence-electron chi connectivity index (χ1n) is 10.6. The average molecular weight is 487 g/mol. The van der Waals surface area contributed by atoms with Gasteiger partial charge in [-0.15, -0.1) is 0 Å². The number of carbonyl (C=O) groups excluding carboxylic acids is 1. The molecule has 1 N–H and O–H groups in total. The number of carbonyl (C=O) groups is 1. The lowest BCUT2D eigenvalue weighted by molar-refractivity contribution is 0.143. The van der Waals surface area contributed by atoms with Crippen LogP contribution in [-0.2, 0) is 10.1 Å². The van der Waals surface area contributed by atoms with Crippen molar-refractivity contribution in [1.29, 1.82) is 5.26 Å². The van der Waals surface area contributed by atoms with E-state index in [0.29, 0.717) is 25.1 Å². The van der Waals surface area contributed by atoms with Crippen molar-refractivity contribution in [2.75, 3.05) is 13.2 Å². The number of nitrogens with zero attached hydrogens (tertiary/aromatic N) is 1. The van der Waals surface area contributed by atoms with E-state index in [1.165, 1.54) is 22.3 Å². The Morgan fingerprint density at radius 2 is 1.75 bits per heavy atom. The predicted octanol–water partition coefficient (Wildman–Crippen LogP) is 6.40. The van der Waals surface area contributed by atoms with Gasteiger partial charge in [-0.2, -0.15) is 5.26 Å². The summed E-state index contributed by atoms with van der Waals surface area (Å²) in [6.45, 7) is 0.792. The first kappa shape index (κ1) is 21.9. The van der Waals surface area contributed by atoms with E-state index in [2.05, 4.69) is 51.6 Å². The number of alkyl carbamates (subject to hydrolysis) is 1. The Morgan fingerprint density at radius 3 is 2.41 bits per heavy atom. The molecule has 5 heteroatoms. The fourth-order valence-corrected chi connectivity index (χ4v) is 4.57. The van der Waals surface area contributed by atoms with Crippen molar-refractivity contribution in [3.63, 3.8) is 0 Å². The Morgan fingerprint density at radius 1 is 1.06 bits per heavy atom. The molecule has 0 radical (unpaired) electrons. The van der Waals surface area contributed by atoms with Crippen molar-refractivity contribution in [2.45, 2.75) is 17.7 Å². The number of nitrogens with one attached hydrogen (secondary N) is 1. The summed E-state index contributed by atoms with van der Waals surface area (Å²) in [6.07, 6.45) is 4.24. The first-order valence-corrected chi connectivity index (χ1v) is 11.7. The van der Waals surface area contributed by atoms with Gasteiger partial charge in [0.2, 0.25) is 0 Å². The second-order valence-corrected chi connectivity index (χ2v) is 8.16. The lowest BCUT2D eigenvalue weighted by atomic mass is 9.98. The van der Waals surface area contributed by atoms with Crippen LogP contribution in [0, 0.1) is 11.3 Å². The van der Waals surface area contributed by atoms with E-state index in [0.717, 1.165) is 16.5 Å². The molecular formula is C27H23BrN2O2. The van der Waals surface area contributed by atoms with Gasteiger partial charge in [0.15, 0.2) is 0 Å². The van der Waals surface area contributed by atoms with E-state index in [9.17, 15) is 4.79 Å². The van der Waals surface area contributed by atoms with E-state index in [1.807, 2.05) is 54.6 Å². The van der Waals surface area contributed by atoms with Crippen LogP contribution >= 0.6 is 15.9 Å². The number of amides is 1. The third kappa shape index (κ3) is 4.76. The van der Waals surface area contributed by atoms with Gasteiger partial charge in [-0.3, -0.25) is 0 Å². The zero-order valence-electron chi connectivity index (χ0n) is 17.6. The molecule has 4 nitrogen and oxygen atoms in total. The van der Waals surface area contributed by atoms with Gasteiger partial charge < -0.3 is 10.1 Å². The van der Waals surface area contributed by atoms with Crippen molar-refractivity contribution < 1.29 is 9.53 Å². The van der Waals surface area contributed by atoms with Crippen LogP contribution in [0.25, 0.3) is 17.2 Å². The van der Waals surface area contributed by atoms with Crippen molar-refractivity contribution >= 4 is 28.1 Å². The molecule has 4 rings (SSSR count). The second kappa shape index (κ2) is 10.3. The lowest BCUT2D eigenvalue weighted by Crippen LogP contribution is -2.26. The zero-order valence-corrected chi connectivity index (χ0v) is 19.1. The number of hydrogen-bond donors (Lipinski definition) is 1. The molecule has 32 heavy (non-hydrogen) atoms. The first-order chi connectivity index (χ1) is 15.7.